The Balaban J connectivity index is 1.30. The molecule has 0 aliphatic rings. The lowest BCUT2D eigenvalue weighted by atomic mass is 9.95. The number of hydrogen-bond donors (Lipinski definition) is 0. The van der Waals surface area contributed by atoms with E-state index in [2.05, 4.69) is 120 Å². The zero-order chi connectivity index (χ0) is 25.1. The fourth-order valence-corrected chi connectivity index (χ4v) is 5.63. The number of rotatable bonds is 2. The van der Waals surface area contributed by atoms with E-state index in [0.29, 0.717) is 0 Å². The average molecular weight is 484 g/mol. The predicted molar refractivity (Wildman–Crippen MR) is 158 cm³/mol. The van der Waals surface area contributed by atoms with E-state index < -0.39 is 0 Å². The number of hydrogen-bond acceptors (Lipinski definition) is 3. The van der Waals surface area contributed by atoms with E-state index in [1.807, 2.05) is 12.3 Å². The molecular weight excluding hydrogens is 462 g/mol. The van der Waals surface area contributed by atoms with Gasteiger partial charge in [-0.25, -0.2) is 9.97 Å². The summed E-state index contributed by atoms with van der Waals surface area (Å²) < 4.78 is 0. The summed E-state index contributed by atoms with van der Waals surface area (Å²) in [6.07, 6.45) is 1.83. The van der Waals surface area contributed by atoms with E-state index in [-0.39, 0.29) is 0 Å². The van der Waals surface area contributed by atoms with E-state index in [0.717, 1.165) is 55.2 Å². The summed E-state index contributed by atoms with van der Waals surface area (Å²) >= 11 is 0. The molecule has 0 bridgehead atoms. The molecule has 0 radical (unpaired) electrons. The first-order valence-corrected chi connectivity index (χ1v) is 12.8. The zero-order valence-electron chi connectivity index (χ0n) is 20.5. The summed E-state index contributed by atoms with van der Waals surface area (Å²) in [7, 11) is 0. The third-order valence-corrected chi connectivity index (χ3v) is 7.48. The molecule has 0 fully saturated rings. The summed E-state index contributed by atoms with van der Waals surface area (Å²) in [5.41, 5.74) is 6.96. The van der Waals surface area contributed by atoms with Crippen LogP contribution in [0.15, 0.2) is 128 Å². The fraction of sp³-hybridized carbons (Fsp3) is 0. The normalized spacial score (nSPS) is 11.7. The van der Waals surface area contributed by atoms with Gasteiger partial charge in [-0.2, -0.15) is 0 Å². The van der Waals surface area contributed by atoms with Crippen LogP contribution in [0, 0.1) is 0 Å². The van der Waals surface area contributed by atoms with Crippen molar-refractivity contribution in [3.63, 3.8) is 0 Å². The molecule has 3 heterocycles. The number of pyridine rings is 3. The maximum absolute atomic E-state index is 5.13. The molecule has 0 N–H and O–H groups in total. The van der Waals surface area contributed by atoms with E-state index in [1.165, 1.54) is 21.5 Å². The highest BCUT2D eigenvalue weighted by molar-refractivity contribution is 6.22. The Morgan fingerprint density at radius 2 is 1.11 bits per heavy atom. The van der Waals surface area contributed by atoms with Crippen LogP contribution in [0.25, 0.3) is 76.8 Å². The Kier molecular flexibility index (Phi) is 4.52. The summed E-state index contributed by atoms with van der Waals surface area (Å²) in [4.78, 5) is 14.8. The van der Waals surface area contributed by atoms with Gasteiger partial charge < -0.3 is 0 Å². The van der Waals surface area contributed by atoms with Crippen LogP contribution in [0.5, 0.6) is 0 Å². The topological polar surface area (TPSA) is 38.7 Å². The second-order valence-electron chi connectivity index (χ2n) is 9.67. The van der Waals surface area contributed by atoms with Gasteiger partial charge in [0.15, 0.2) is 0 Å². The van der Waals surface area contributed by atoms with Crippen molar-refractivity contribution in [3.8, 4) is 22.5 Å². The Hall–Kier alpha value is -5.15. The molecule has 0 aliphatic heterocycles. The van der Waals surface area contributed by atoms with Gasteiger partial charge in [-0.15, -0.1) is 0 Å². The number of benzene rings is 5. The summed E-state index contributed by atoms with van der Waals surface area (Å²) in [5, 5.41) is 8.28. The molecule has 0 aliphatic carbocycles. The minimum atomic E-state index is 0.929. The monoisotopic (exact) mass is 483 g/mol. The van der Waals surface area contributed by atoms with Crippen molar-refractivity contribution in [2.24, 2.45) is 0 Å². The van der Waals surface area contributed by atoms with Gasteiger partial charge >= 0.3 is 0 Å². The van der Waals surface area contributed by atoms with Gasteiger partial charge in [-0.05, 0) is 29.0 Å². The lowest BCUT2D eigenvalue weighted by Crippen LogP contribution is -1.92. The molecule has 38 heavy (non-hydrogen) atoms. The van der Waals surface area contributed by atoms with Gasteiger partial charge in [0.25, 0.3) is 0 Å². The molecular formula is C35H21N3. The van der Waals surface area contributed by atoms with Crippen LogP contribution in [-0.4, -0.2) is 15.0 Å². The predicted octanol–water partition coefficient (Wildman–Crippen LogP) is 8.97. The summed E-state index contributed by atoms with van der Waals surface area (Å²) in [5.74, 6) is 0. The van der Waals surface area contributed by atoms with Gasteiger partial charge in [0.1, 0.15) is 0 Å². The summed E-state index contributed by atoms with van der Waals surface area (Å²) in [6.45, 7) is 0. The molecule has 0 spiro atoms. The minimum Gasteiger partial charge on any atom is -0.254 e. The van der Waals surface area contributed by atoms with Gasteiger partial charge in [-0.3, -0.25) is 4.98 Å². The van der Waals surface area contributed by atoms with Crippen LogP contribution < -0.4 is 0 Å². The van der Waals surface area contributed by atoms with Crippen LogP contribution in [0.2, 0.25) is 0 Å². The third kappa shape index (κ3) is 3.19. The van der Waals surface area contributed by atoms with E-state index >= 15 is 0 Å². The zero-order valence-corrected chi connectivity index (χ0v) is 20.5. The lowest BCUT2D eigenvalue weighted by molar-refractivity contribution is 1.37. The molecule has 0 saturated carbocycles. The highest BCUT2D eigenvalue weighted by Crippen LogP contribution is 2.37. The number of nitrogens with zero attached hydrogens (tertiary/aromatic N) is 3. The van der Waals surface area contributed by atoms with E-state index in [4.69, 9.17) is 9.97 Å². The SMILES string of the molecule is c1ccc2c(c1)ccc1c(-c3ccc(-c4ccc5ccc6cccnc6c5n4)cc3)nc3ccccc3c12. The standard InChI is InChI=1S/C35H21N3/c1-2-8-27-22(6-1)17-19-29-32(27)28-9-3-4-10-31(28)38-33(29)25-13-11-23(12-14-25)30-20-18-26-16-15-24-7-5-21-36-34(24)35(26)37-30/h1-21H. The maximum atomic E-state index is 5.13. The highest BCUT2D eigenvalue weighted by atomic mass is 14.8. The van der Waals surface area contributed by atoms with Crippen molar-refractivity contribution >= 4 is 54.3 Å². The molecule has 0 amide bonds. The smallest absolute Gasteiger partial charge is 0.0972 e. The molecule has 0 atom stereocenters. The first-order chi connectivity index (χ1) is 18.8. The quantitative estimate of drug-likeness (QED) is 0.230. The Morgan fingerprint density at radius 1 is 0.421 bits per heavy atom. The van der Waals surface area contributed by atoms with Crippen LogP contribution in [0.1, 0.15) is 0 Å². The molecule has 0 saturated heterocycles. The number of para-hydroxylation sites is 1. The largest absolute Gasteiger partial charge is 0.254 e. The van der Waals surface area contributed by atoms with E-state index in [1.54, 1.807) is 0 Å². The maximum Gasteiger partial charge on any atom is 0.0972 e. The Bertz CT molecular complexity index is 2160. The molecule has 0 unspecified atom stereocenters. The first kappa shape index (κ1) is 21.0. The van der Waals surface area contributed by atoms with Crippen molar-refractivity contribution in [2.75, 3.05) is 0 Å². The minimum absolute atomic E-state index is 0.929. The highest BCUT2D eigenvalue weighted by Gasteiger charge is 2.13. The average Bonchev–Trinajstić information content (AvgIpc) is 3.00. The lowest BCUT2D eigenvalue weighted by Gasteiger charge is -2.13. The molecule has 8 rings (SSSR count). The fourth-order valence-electron chi connectivity index (χ4n) is 5.63. The van der Waals surface area contributed by atoms with Crippen LogP contribution >= 0.6 is 0 Å². The van der Waals surface area contributed by atoms with Gasteiger partial charge in [0.05, 0.1) is 27.9 Å². The van der Waals surface area contributed by atoms with Gasteiger partial charge in [0, 0.05) is 44.3 Å². The van der Waals surface area contributed by atoms with Crippen LogP contribution in [-0.2, 0) is 0 Å². The molecule has 5 aromatic carbocycles. The second-order valence-corrected chi connectivity index (χ2v) is 9.67. The van der Waals surface area contributed by atoms with Crippen LogP contribution in [0.3, 0.4) is 0 Å². The summed E-state index contributed by atoms with van der Waals surface area (Å²) in [6, 6.07) is 42.5. The van der Waals surface area contributed by atoms with Crippen molar-refractivity contribution in [1.82, 2.24) is 15.0 Å². The Labute approximate surface area is 219 Å². The van der Waals surface area contributed by atoms with Crippen molar-refractivity contribution in [1.29, 1.82) is 0 Å². The van der Waals surface area contributed by atoms with Crippen molar-refractivity contribution in [2.45, 2.75) is 0 Å². The van der Waals surface area contributed by atoms with Crippen molar-refractivity contribution in [3.05, 3.63) is 128 Å². The van der Waals surface area contributed by atoms with Crippen molar-refractivity contribution < 1.29 is 0 Å². The van der Waals surface area contributed by atoms with Crippen LogP contribution in [0.4, 0.5) is 0 Å². The van der Waals surface area contributed by atoms with E-state index in [9.17, 15) is 0 Å². The van der Waals surface area contributed by atoms with Gasteiger partial charge in [0.2, 0.25) is 0 Å². The molecule has 3 aromatic heterocycles. The third-order valence-electron chi connectivity index (χ3n) is 7.48. The first-order valence-electron chi connectivity index (χ1n) is 12.8. The van der Waals surface area contributed by atoms with Gasteiger partial charge in [-0.1, -0.05) is 103 Å². The second kappa shape index (κ2) is 8.19. The number of fused-ring (bicyclic) bond motifs is 8. The molecule has 3 nitrogen and oxygen atoms in total. The molecule has 8 aromatic rings. The number of aromatic nitrogens is 3. The molecule has 176 valence electrons. The Morgan fingerprint density at radius 3 is 2.00 bits per heavy atom. The molecule has 3 heteroatoms.